The summed E-state index contributed by atoms with van der Waals surface area (Å²) in [7, 11) is 1.93. The second-order valence-corrected chi connectivity index (χ2v) is 7.22. The van der Waals surface area contributed by atoms with Gasteiger partial charge in [0.2, 0.25) is 11.8 Å². The van der Waals surface area contributed by atoms with Crippen molar-refractivity contribution in [2.75, 3.05) is 16.8 Å². The summed E-state index contributed by atoms with van der Waals surface area (Å²) in [5, 5.41) is 4.08. The molecule has 1 fully saturated rings. The first-order chi connectivity index (χ1) is 14.1. The van der Waals surface area contributed by atoms with Gasteiger partial charge < -0.3 is 4.90 Å². The standard InChI is InChI=1S/C22H18N4O3/c1-25(18-7-2-3-12-23-18)15-8-9-16-20-13(15)5-4-6-14(20)22(29)26(16)17-10-11-19(27)24-21(17)28/h2-9,12,17H,10-11H2,1H3,(H,24,27,28). The Morgan fingerprint density at radius 1 is 1.07 bits per heavy atom. The summed E-state index contributed by atoms with van der Waals surface area (Å²) >= 11 is 0. The van der Waals surface area contributed by atoms with Crippen LogP contribution in [-0.4, -0.2) is 35.8 Å². The van der Waals surface area contributed by atoms with Crippen LogP contribution in [0.3, 0.4) is 0 Å². The number of imide groups is 1. The van der Waals surface area contributed by atoms with E-state index in [1.807, 2.05) is 54.4 Å². The smallest absolute Gasteiger partial charge is 0.259 e. The van der Waals surface area contributed by atoms with E-state index in [1.165, 1.54) is 4.90 Å². The van der Waals surface area contributed by atoms with Crippen LogP contribution in [0.25, 0.3) is 10.8 Å². The lowest BCUT2D eigenvalue weighted by Gasteiger charge is -2.30. The van der Waals surface area contributed by atoms with Gasteiger partial charge in [-0.15, -0.1) is 0 Å². The fourth-order valence-corrected chi connectivity index (χ4v) is 4.20. The summed E-state index contributed by atoms with van der Waals surface area (Å²) in [6, 6.07) is 14.4. The molecule has 1 atom stereocenters. The number of hydrogen-bond donors (Lipinski definition) is 1. The first kappa shape index (κ1) is 17.4. The minimum Gasteiger partial charge on any atom is -0.329 e. The van der Waals surface area contributed by atoms with Crippen LogP contribution in [0.2, 0.25) is 0 Å². The number of pyridine rings is 1. The zero-order valence-electron chi connectivity index (χ0n) is 15.8. The predicted molar refractivity (Wildman–Crippen MR) is 109 cm³/mol. The van der Waals surface area contributed by atoms with Crippen LogP contribution < -0.4 is 15.1 Å². The Balaban J connectivity index is 1.64. The fraction of sp³-hybridized carbons (Fsp3) is 0.182. The Hall–Kier alpha value is -3.74. The first-order valence-corrected chi connectivity index (χ1v) is 9.44. The molecule has 1 aromatic heterocycles. The van der Waals surface area contributed by atoms with Crippen molar-refractivity contribution in [3.63, 3.8) is 0 Å². The lowest BCUT2D eigenvalue weighted by atomic mass is 10.0. The minimum atomic E-state index is -0.685. The first-order valence-electron chi connectivity index (χ1n) is 9.44. The zero-order valence-corrected chi connectivity index (χ0v) is 15.8. The molecule has 7 nitrogen and oxygen atoms in total. The van der Waals surface area contributed by atoms with Gasteiger partial charge in [-0.2, -0.15) is 0 Å². The third kappa shape index (κ3) is 2.58. The van der Waals surface area contributed by atoms with Gasteiger partial charge in [0.05, 0.1) is 11.4 Å². The summed E-state index contributed by atoms with van der Waals surface area (Å²) in [4.78, 5) is 45.1. The van der Waals surface area contributed by atoms with Gasteiger partial charge in [-0.3, -0.25) is 24.6 Å². The monoisotopic (exact) mass is 386 g/mol. The van der Waals surface area contributed by atoms with Gasteiger partial charge in [0.15, 0.2) is 0 Å². The van der Waals surface area contributed by atoms with E-state index in [2.05, 4.69) is 10.3 Å². The highest BCUT2D eigenvalue weighted by molar-refractivity contribution is 6.28. The number of hydrogen-bond acceptors (Lipinski definition) is 5. The molecule has 1 N–H and O–H groups in total. The molecule has 0 spiro atoms. The van der Waals surface area contributed by atoms with Gasteiger partial charge in [-0.1, -0.05) is 18.2 Å². The molecule has 1 unspecified atom stereocenters. The maximum Gasteiger partial charge on any atom is 0.259 e. The Labute approximate surface area is 166 Å². The van der Waals surface area contributed by atoms with E-state index in [-0.39, 0.29) is 18.2 Å². The third-order valence-corrected chi connectivity index (χ3v) is 5.58. The number of carbonyl (C=O) groups excluding carboxylic acids is 3. The Morgan fingerprint density at radius 2 is 1.93 bits per heavy atom. The maximum absolute atomic E-state index is 13.2. The topological polar surface area (TPSA) is 82.6 Å². The van der Waals surface area contributed by atoms with Gasteiger partial charge in [0, 0.05) is 36.0 Å². The highest BCUT2D eigenvalue weighted by Gasteiger charge is 2.41. The van der Waals surface area contributed by atoms with Crippen LogP contribution in [0.15, 0.2) is 54.7 Å². The summed E-state index contributed by atoms with van der Waals surface area (Å²) < 4.78 is 0. The van der Waals surface area contributed by atoms with Crippen molar-refractivity contribution >= 4 is 45.7 Å². The number of benzene rings is 2. The van der Waals surface area contributed by atoms with E-state index in [1.54, 1.807) is 12.3 Å². The van der Waals surface area contributed by atoms with Crippen molar-refractivity contribution in [3.05, 3.63) is 60.3 Å². The van der Waals surface area contributed by atoms with Crippen molar-refractivity contribution in [1.82, 2.24) is 10.3 Å². The van der Waals surface area contributed by atoms with Crippen LogP contribution in [-0.2, 0) is 9.59 Å². The Bertz CT molecular complexity index is 1180. The van der Waals surface area contributed by atoms with Crippen molar-refractivity contribution in [1.29, 1.82) is 0 Å². The second kappa shape index (κ2) is 6.41. The van der Waals surface area contributed by atoms with Crippen LogP contribution in [0.5, 0.6) is 0 Å². The van der Waals surface area contributed by atoms with Gasteiger partial charge >= 0.3 is 0 Å². The fourth-order valence-electron chi connectivity index (χ4n) is 4.20. The van der Waals surface area contributed by atoms with E-state index in [0.29, 0.717) is 17.7 Å². The number of nitrogens with zero attached hydrogens (tertiary/aromatic N) is 3. The quantitative estimate of drug-likeness (QED) is 0.700. The number of aromatic nitrogens is 1. The predicted octanol–water partition coefficient (Wildman–Crippen LogP) is 2.77. The normalized spacial score (nSPS) is 18.3. The van der Waals surface area contributed by atoms with Crippen LogP contribution in [0, 0.1) is 0 Å². The Kier molecular flexibility index (Phi) is 3.84. The summed E-state index contributed by atoms with van der Waals surface area (Å²) in [5.74, 6) is -0.143. The maximum atomic E-state index is 13.2. The number of nitrogens with one attached hydrogen (secondary N) is 1. The zero-order chi connectivity index (χ0) is 20.1. The van der Waals surface area contributed by atoms with Crippen LogP contribution in [0.1, 0.15) is 23.2 Å². The highest BCUT2D eigenvalue weighted by Crippen LogP contribution is 2.43. The molecule has 2 aliphatic rings. The molecular weight excluding hydrogens is 368 g/mol. The van der Waals surface area contributed by atoms with Gasteiger partial charge in [0.25, 0.3) is 5.91 Å². The van der Waals surface area contributed by atoms with Crippen molar-refractivity contribution in [2.24, 2.45) is 0 Å². The average molecular weight is 386 g/mol. The van der Waals surface area contributed by atoms with Gasteiger partial charge in [0.1, 0.15) is 11.9 Å². The summed E-state index contributed by atoms with van der Waals surface area (Å²) in [6.07, 6.45) is 2.28. The molecule has 0 radical (unpaired) electrons. The summed E-state index contributed by atoms with van der Waals surface area (Å²) in [6.45, 7) is 0. The number of anilines is 3. The molecule has 3 heterocycles. The lowest BCUT2D eigenvalue weighted by molar-refractivity contribution is -0.134. The van der Waals surface area contributed by atoms with E-state index in [4.69, 9.17) is 0 Å². The van der Waals surface area contributed by atoms with Crippen molar-refractivity contribution < 1.29 is 14.4 Å². The number of piperidine rings is 1. The molecule has 0 aliphatic carbocycles. The minimum absolute atomic E-state index is 0.210. The number of amides is 3. The van der Waals surface area contributed by atoms with Gasteiger partial charge in [-0.05, 0) is 36.8 Å². The van der Waals surface area contributed by atoms with Crippen molar-refractivity contribution in [2.45, 2.75) is 18.9 Å². The van der Waals surface area contributed by atoms with E-state index in [0.717, 1.165) is 22.3 Å². The number of rotatable bonds is 3. The molecule has 2 aromatic carbocycles. The molecule has 3 amide bonds. The molecule has 0 saturated carbocycles. The second-order valence-electron chi connectivity index (χ2n) is 7.22. The molecule has 2 aliphatic heterocycles. The van der Waals surface area contributed by atoms with E-state index >= 15 is 0 Å². The highest BCUT2D eigenvalue weighted by atomic mass is 16.2. The molecule has 7 heteroatoms. The molecule has 0 bridgehead atoms. The summed E-state index contributed by atoms with van der Waals surface area (Å²) in [5.41, 5.74) is 2.19. The van der Waals surface area contributed by atoms with Crippen molar-refractivity contribution in [3.8, 4) is 0 Å². The largest absolute Gasteiger partial charge is 0.329 e. The molecule has 1 saturated heterocycles. The molecule has 5 rings (SSSR count). The van der Waals surface area contributed by atoms with E-state index in [9.17, 15) is 14.4 Å². The molecule has 144 valence electrons. The number of carbonyl (C=O) groups is 3. The SMILES string of the molecule is CN(c1ccccn1)c1ccc2c3c(cccc13)C(=O)N2C1CCC(=O)NC1=O. The third-order valence-electron chi connectivity index (χ3n) is 5.58. The van der Waals surface area contributed by atoms with Crippen LogP contribution in [0.4, 0.5) is 17.2 Å². The molecule has 29 heavy (non-hydrogen) atoms. The van der Waals surface area contributed by atoms with Gasteiger partial charge in [-0.25, -0.2) is 4.98 Å². The average Bonchev–Trinajstić information content (AvgIpc) is 3.02. The molecule has 3 aromatic rings. The lowest BCUT2D eigenvalue weighted by Crippen LogP contribution is -2.53. The van der Waals surface area contributed by atoms with Crippen LogP contribution >= 0.6 is 0 Å². The Morgan fingerprint density at radius 3 is 2.69 bits per heavy atom. The molecular formula is C22H18N4O3. The van der Waals surface area contributed by atoms with E-state index < -0.39 is 11.9 Å².